The largest absolute Gasteiger partial charge is 0.490 e. The van der Waals surface area contributed by atoms with Crippen molar-refractivity contribution in [1.29, 1.82) is 0 Å². The maximum atomic E-state index is 5.65. The van der Waals surface area contributed by atoms with Crippen LogP contribution in [-0.4, -0.2) is 21.3 Å². The van der Waals surface area contributed by atoms with E-state index in [4.69, 9.17) is 10.5 Å². The second-order valence-electron chi connectivity index (χ2n) is 3.23. The Morgan fingerprint density at radius 1 is 1.62 bits per heavy atom. The summed E-state index contributed by atoms with van der Waals surface area (Å²) in [4.78, 5) is 0. The molecule has 86 valence electrons. The number of nitrogens with one attached hydrogen (secondary N) is 1. The molecule has 0 aliphatic carbocycles. The minimum absolute atomic E-state index is 0.417. The smallest absolute Gasteiger partial charge is 0.197 e. The summed E-state index contributed by atoms with van der Waals surface area (Å²) in [6.45, 7) is 0.661. The molecule has 0 aliphatic rings. The van der Waals surface area contributed by atoms with Crippen molar-refractivity contribution < 1.29 is 4.74 Å². The third-order valence-electron chi connectivity index (χ3n) is 2.23. The molecule has 2 aromatic rings. The van der Waals surface area contributed by atoms with Gasteiger partial charge in [0.15, 0.2) is 16.6 Å². The highest BCUT2D eigenvalue weighted by Crippen LogP contribution is 2.34. The molecule has 0 spiro atoms. The minimum atomic E-state index is 0.417. The Labute approximate surface area is 97.2 Å². The molecule has 0 radical (unpaired) electrons. The van der Waals surface area contributed by atoms with E-state index >= 15 is 0 Å². The number of nitrogens with zero attached hydrogens (tertiary/aromatic N) is 3. The van der Waals surface area contributed by atoms with Gasteiger partial charge in [0, 0.05) is 13.2 Å². The Kier molecular flexibility index (Phi) is 2.95. The first-order valence-electron chi connectivity index (χ1n) is 4.72. The van der Waals surface area contributed by atoms with E-state index in [1.165, 1.54) is 11.5 Å². The van der Waals surface area contributed by atoms with Crippen molar-refractivity contribution in [3.8, 4) is 5.75 Å². The monoisotopic (exact) mass is 239 g/mol. The highest BCUT2D eigenvalue weighted by Gasteiger charge is 2.11. The molecule has 2 rings (SSSR count). The van der Waals surface area contributed by atoms with E-state index in [0.29, 0.717) is 18.1 Å². The van der Waals surface area contributed by atoms with Crippen molar-refractivity contribution in [3.05, 3.63) is 18.0 Å². The number of nitrogen functional groups attached to an aromatic ring is 1. The summed E-state index contributed by atoms with van der Waals surface area (Å²) in [5.41, 5.74) is 6.73. The summed E-state index contributed by atoms with van der Waals surface area (Å²) in [7, 11) is 3.48. The average Bonchev–Trinajstić information content (AvgIpc) is 2.82. The van der Waals surface area contributed by atoms with E-state index in [1.54, 1.807) is 13.3 Å². The predicted molar refractivity (Wildman–Crippen MR) is 63.6 cm³/mol. The van der Waals surface area contributed by atoms with Gasteiger partial charge in [-0.25, -0.2) is 0 Å². The van der Waals surface area contributed by atoms with Crippen LogP contribution in [-0.2, 0) is 13.6 Å². The van der Waals surface area contributed by atoms with Crippen LogP contribution in [0.1, 0.15) is 5.69 Å². The zero-order valence-corrected chi connectivity index (χ0v) is 9.91. The van der Waals surface area contributed by atoms with Crippen molar-refractivity contribution in [3.63, 3.8) is 0 Å². The number of anilines is 2. The summed E-state index contributed by atoms with van der Waals surface area (Å²) in [5.74, 6) is 1.02. The third kappa shape index (κ3) is 1.94. The molecule has 2 heterocycles. The Morgan fingerprint density at radius 2 is 2.44 bits per heavy atom. The van der Waals surface area contributed by atoms with Crippen LogP contribution in [0, 0.1) is 0 Å². The lowest BCUT2D eigenvalue weighted by Crippen LogP contribution is -2.05. The molecule has 0 atom stereocenters. The van der Waals surface area contributed by atoms with Crippen molar-refractivity contribution in [2.45, 2.75) is 6.54 Å². The van der Waals surface area contributed by atoms with Crippen molar-refractivity contribution in [1.82, 2.24) is 14.2 Å². The number of aromatic nitrogens is 3. The van der Waals surface area contributed by atoms with Gasteiger partial charge in [-0.05, 0) is 17.6 Å². The normalized spacial score (nSPS) is 10.4. The van der Waals surface area contributed by atoms with Crippen molar-refractivity contribution in [2.24, 2.45) is 7.05 Å². The van der Waals surface area contributed by atoms with E-state index in [-0.39, 0.29) is 0 Å². The lowest BCUT2D eigenvalue weighted by Gasteiger charge is -2.06. The first-order valence-corrected chi connectivity index (χ1v) is 5.49. The topological polar surface area (TPSA) is 78.0 Å². The molecule has 0 aromatic carbocycles. The fraction of sp³-hybridized carbons (Fsp3) is 0.333. The molecule has 0 saturated carbocycles. The molecular formula is C9H13N5OS. The quantitative estimate of drug-likeness (QED) is 0.834. The maximum absolute atomic E-state index is 5.65. The summed E-state index contributed by atoms with van der Waals surface area (Å²) in [6.07, 6.45) is 1.76. The van der Waals surface area contributed by atoms with Crippen LogP contribution in [0.3, 0.4) is 0 Å². The van der Waals surface area contributed by atoms with Crippen LogP contribution in [0.15, 0.2) is 12.3 Å². The van der Waals surface area contributed by atoms with Crippen LogP contribution in [0.4, 0.5) is 10.8 Å². The first kappa shape index (κ1) is 10.7. The van der Waals surface area contributed by atoms with E-state index in [1.807, 2.05) is 17.8 Å². The molecule has 2 aromatic heterocycles. The Morgan fingerprint density at radius 3 is 3.06 bits per heavy atom. The molecule has 0 aliphatic heterocycles. The molecule has 16 heavy (non-hydrogen) atoms. The molecule has 0 amide bonds. The second-order valence-corrected chi connectivity index (χ2v) is 4.00. The molecule has 3 N–H and O–H groups in total. The van der Waals surface area contributed by atoms with E-state index in [0.717, 1.165) is 10.7 Å². The van der Waals surface area contributed by atoms with Crippen LogP contribution < -0.4 is 15.8 Å². The van der Waals surface area contributed by atoms with E-state index in [2.05, 4.69) is 14.8 Å². The van der Waals surface area contributed by atoms with Gasteiger partial charge in [0.05, 0.1) is 19.3 Å². The average molecular weight is 239 g/mol. The molecule has 7 heteroatoms. The van der Waals surface area contributed by atoms with E-state index in [9.17, 15) is 0 Å². The van der Waals surface area contributed by atoms with Crippen molar-refractivity contribution in [2.75, 3.05) is 18.2 Å². The molecule has 0 unspecified atom stereocenters. The Hall–Kier alpha value is -1.76. The number of aryl methyl sites for hydroxylation is 1. The fourth-order valence-corrected chi connectivity index (χ4v) is 2.03. The fourth-order valence-electron chi connectivity index (χ4n) is 1.35. The number of ether oxygens (including phenoxy) is 1. The number of hydrogen-bond acceptors (Lipinski definition) is 6. The van der Waals surface area contributed by atoms with Crippen LogP contribution in [0.5, 0.6) is 5.75 Å². The summed E-state index contributed by atoms with van der Waals surface area (Å²) < 4.78 is 11.0. The summed E-state index contributed by atoms with van der Waals surface area (Å²) >= 11 is 1.29. The van der Waals surface area contributed by atoms with Crippen molar-refractivity contribution >= 4 is 22.4 Å². The van der Waals surface area contributed by atoms with Gasteiger partial charge >= 0.3 is 0 Å². The Bertz CT molecular complexity index is 478. The van der Waals surface area contributed by atoms with Gasteiger partial charge < -0.3 is 15.8 Å². The zero-order chi connectivity index (χ0) is 11.5. The molecular weight excluding hydrogens is 226 g/mol. The van der Waals surface area contributed by atoms with Gasteiger partial charge in [-0.15, -0.1) is 0 Å². The van der Waals surface area contributed by atoms with E-state index < -0.39 is 0 Å². The van der Waals surface area contributed by atoms with Crippen LogP contribution in [0.25, 0.3) is 0 Å². The molecule has 0 saturated heterocycles. The van der Waals surface area contributed by atoms with Gasteiger partial charge in [0.2, 0.25) is 0 Å². The number of nitrogens with two attached hydrogens (primary N) is 1. The Balaban J connectivity index is 2.07. The van der Waals surface area contributed by atoms with Gasteiger partial charge in [0.1, 0.15) is 0 Å². The number of methoxy groups -OCH3 is 1. The van der Waals surface area contributed by atoms with Gasteiger partial charge in [-0.3, -0.25) is 4.68 Å². The van der Waals surface area contributed by atoms with Gasteiger partial charge in [-0.2, -0.15) is 9.47 Å². The SMILES string of the molecule is COc1c(N)nsc1NCc1ccnn1C. The zero-order valence-electron chi connectivity index (χ0n) is 9.10. The molecule has 6 nitrogen and oxygen atoms in total. The van der Waals surface area contributed by atoms with Gasteiger partial charge in [-0.1, -0.05) is 0 Å². The number of rotatable bonds is 4. The first-order chi connectivity index (χ1) is 7.72. The predicted octanol–water partition coefficient (Wildman–Crippen LogP) is 1.08. The summed E-state index contributed by atoms with van der Waals surface area (Å²) in [6, 6.07) is 1.95. The highest BCUT2D eigenvalue weighted by molar-refractivity contribution is 7.11. The molecule has 0 fully saturated rings. The third-order valence-corrected chi connectivity index (χ3v) is 3.03. The maximum Gasteiger partial charge on any atom is 0.197 e. The summed E-state index contributed by atoms with van der Waals surface area (Å²) in [5, 5.41) is 8.14. The van der Waals surface area contributed by atoms with Crippen LogP contribution in [0.2, 0.25) is 0 Å². The lowest BCUT2D eigenvalue weighted by molar-refractivity contribution is 0.419. The van der Waals surface area contributed by atoms with Crippen LogP contribution >= 0.6 is 11.5 Å². The highest BCUT2D eigenvalue weighted by atomic mass is 32.1. The lowest BCUT2D eigenvalue weighted by atomic mass is 10.4. The minimum Gasteiger partial charge on any atom is -0.490 e. The standard InChI is InChI=1S/C9H13N5OS/c1-14-6(3-4-12-14)5-11-9-7(15-2)8(10)13-16-9/h3-4,11H,5H2,1-2H3,(H2,10,13). The second kappa shape index (κ2) is 4.40. The molecule has 0 bridgehead atoms. The number of hydrogen-bond donors (Lipinski definition) is 2. The van der Waals surface area contributed by atoms with Gasteiger partial charge in [0.25, 0.3) is 0 Å².